The van der Waals surface area contributed by atoms with Crippen molar-refractivity contribution in [3.05, 3.63) is 35.4 Å². The van der Waals surface area contributed by atoms with Crippen molar-refractivity contribution < 1.29 is 9.53 Å². The molecule has 1 saturated carbocycles. The average Bonchev–Trinajstić information content (AvgIpc) is 2.48. The maximum atomic E-state index is 12.4. The Bertz CT molecular complexity index is 510. The second-order valence-electron chi connectivity index (χ2n) is 6.51. The molecule has 5 unspecified atom stereocenters. The number of carbonyl (C=O) groups excluding carboxylic acids is 1. The molecule has 114 valence electrons. The monoisotopic (exact) mass is 287 g/mol. The van der Waals surface area contributed by atoms with Gasteiger partial charge in [0.2, 0.25) is 0 Å². The molecule has 1 aromatic carbocycles. The zero-order valence-corrected chi connectivity index (χ0v) is 13.1. The van der Waals surface area contributed by atoms with E-state index in [4.69, 9.17) is 4.74 Å². The smallest absolute Gasteiger partial charge is 0.310 e. The number of piperidine rings is 1. The third-order valence-corrected chi connectivity index (χ3v) is 5.43. The maximum absolute atomic E-state index is 12.4. The molecule has 1 aliphatic heterocycles. The summed E-state index contributed by atoms with van der Waals surface area (Å²) in [4.78, 5) is 12.4. The molecule has 1 saturated heterocycles. The molecule has 1 heterocycles. The lowest BCUT2D eigenvalue weighted by atomic mass is 9.61. The van der Waals surface area contributed by atoms with E-state index in [0.29, 0.717) is 18.0 Å². The molecule has 1 aliphatic carbocycles. The molecule has 0 radical (unpaired) electrons. The Morgan fingerprint density at radius 2 is 2.05 bits per heavy atom. The SMILES string of the molecule is CCC(c1ccc(C)cc1)C(C(=O)OC)C1NC2CCC21. The van der Waals surface area contributed by atoms with E-state index >= 15 is 0 Å². The standard InChI is InChI=1S/C18H25NO2/c1-4-13(12-7-5-11(2)6-8-12)16(18(20)21-3)17-14-9-10-15(14)19-17/h5-8,13-17,19H,4,9-10H2,1-3H3. The fourth-order valence-electron chi connectivity index (χ4n) is 3.99. The van der Waals surface area contributed by atoms with Gasteiger partial charge in [-0.1, -0.05) is 36.8 Å². The largest absolute Gasteiger partial charge is 0.469 e. The third kappa shape index (κ3) is 2.48. The van der Waals surface area contributed by atoms with Crippen LogP contribution in [0.5, 0.6) is 0 Å². The summed E-state index contributed by atoms with van der Waals surface area (Å²) in [6.07, 6.45) is 3.47. The van der Waals surface area contributed by atoms with Crippen molar-refractivity contribution in [3.63, 3.8) is 0 Å². The third-order valence-electron chi connectivity index (χ3n) is 5.43. The van der Waals surface area contributed by atoms with Crippen molar-refractivity contribution in [2.75, 3.05) is 7.11 Å². The second-order valence-corrected chi connectivity index (χ2v) is 6.51. The van der Waals surface area contributed by atoms with E-state index in [2.05, 4.69) is 43.4 Å². The summed E-state index contributed by atoms with van der Waals surface area (Å²) in [6.45, 7) is 4.26. The van der Waals surface area contributed by atoms with E-state index in [1.165, 1.54) is 31.1 Å². The Balaban J connectivity index is 1.85. The van der Waals surface area contributed by atoms with Gasteiger partial charge in [-0.3, -0.25) is 4.79 Å². The molecule has 5 atom stereocenters. The summed E-state index contributed by atoms with van der Waals surface area (Å²) in [6, 6.07) is 9.53. The van der Waals surface area contributed by atoms with Crippen LogP contribution in [0.1, 0.15) is 43.2 Å². The van der Waals surface area contributed by atoms with Crippen LogP contribution >= 0.6 is 0 Å². The Labute approximate surface area is 127 Å². The van der Waals surface area contributed by atoms with Crippen LogP contribution in [0, 0.1) is 18.8 Å². The summed E-state index contributed by atoms with van der Waals surface area (Å²) >= 11 is 0. The number of hydrogen-bond acceptors (Lipinski definition) is 3. The highest BCUT2D eigenvalue weighted by molar-refractivity contribution is 5.75. The lowest BCUT2D eigenvalue weighted by Crippen LogP contribution is -2.70. The normalized spacial score (nSPS) is 29.6. The van der Waals surface area contributed by atoms with Gasteiger partial charge in [0.05, 0.1) is 13.0 Å². The second kappa shape index (κ2) is 5.80. The molecule has 21 heavy (non-hydrogen) atoms. The minimum absolute atomic E-state index is 0.0646. The molecule has 3 nitrogen and oxygen atoms in total. The van der Waals surface area contributed by atoms with Crippen LogP contribution in [0.15, 0.2) is 24.3 Å². The molecule has 0 aromatic heterocycles. The van der Waals surface area contributed by atoms with Gasteiger partial charge in [-0.15, -0.1) is 0 Å². The molecular formula is C18H25NO2. The lowest BCUT2D eigenvalue weighted by Gasteiger charge is -2.57. The van der Waals surface area contributed by atoms with Gasteiger partial charge in [0, 0.05) is 12.1 Å². The minimum atomic E-state index is -0.0655. The summed E-state index contributed by atoms with van der Waals surface area (Å²) in [5.74, 6) is 0.778. The number of hydrogen-bond donors (Lipinski definition) is 1. The first-order chi connectivity index (χ1) is 10.2. The van der Waals surface area contributed by atoms with Crippen LogP contribution < -0.4 is 5.32 Å². The minimum Gasteiger partial charge on any atom is -0.469 e. The number of aryl methyl sites for hydroxylation is 1. The van der Waals surface area contributed by atoms with Crippen LogP contribution in [0.3, 0.4) is 0 Å². The number of carbonyl (C=O) groups is 1. The number of fused-ring (bicyclic) bond motifs is 1. The van der Waals surface area contributed by atoms with Gasteiger partial charge in [0.1, 0.15) is 0 Å². The van der Waals surface area contributed by atoms with E-state index in [-0.39, 0.29) is 17.8 Å². The molecule has 0 bridgehead atoms. The van der Waals surface area contributed by atoms with Crippen molar-refractivity contribution >= 4 is 5.97 Å². The van der Waals surface area contributed by atoms with Gasteiger partial charge in [-0.2, -0.15) is 0 Å². The molecule has 0 amide bonds. The zero-order chi connectivity index (χ0) is 15.0. The first kappa shape index (κ1) is 14.6. The molecule has 1 N–H and O–H groups in total. The van der Waals surface area contributed by atoms with Crippen molar-refractivity contribution in [2.24, 2.45) is 11.8 Å². The number of rotatable bonds is 5. The average molecular weight is 287 g/mol. The summed E-state index contributed by atoms with van der Waals surface area (Å²) in [5, 5.41) is 3.59. The van der Waals surface area contributed by atoms with Crippen molar-refractivity contribution in [1.82, 2.24) is 5.32 Å². The van der Waals surface area contributed by atoms with Gasteiger partial charge in [0.15, 0.2) is 0 Å². The van der Waals surface area contributed by atoms with Crippen molar-refractivity contribution in [1.29, 1.82) is 0 Å². The number of ether oxygens (including phenoxy) is 1. The molecule has 2 aliphatic rings. The van der Waals surface area contributed by atoms with Gasteiger partial charge in [-0.05, 0) is 43.6 Å². The first-order valence-electron chi connectivity index (χ1n) is 8.06. The van der Waals surface area contributed by atoms with E-state index in [1.54, 1.807) is 0 Å². The first-order valence-corrected chi connectivity index (χ1v) is 8.06. The predicted octanol–water partition coefficient (Wildman–Crippen LogP) is 3.03. The van der Waals surface area contributed by atoms with Crippen LogP contribution in [0.4, 0.5) is 0 Å². The number of nitrogens with one attached hydrogen (secondary N) is 1. The topological polar surface area (TPSA) is 38.3 Å². The highest BCUT2D eigenvalue weighted by Crippen LogP contribution is 2.46. The highest BCUT2D eigenvalue weighted by atomic mass is 16.5. The van der Waals surface area contributed by atoms with E-state index < -0.39 is 0 Å². The Kier molecular flexibility index (Phi) is 4.03. The Morgan fingerprint density at radius 3 is 2.48 bits per heavy atom. The molecule has 3 heteroatoms. The Morgan fingerprint density at radius 1 is 1.33 bits per heavy atom. The van der Waals surface area contributed by atoms with E-state index in [1.807, 2.05) is 0 Å². The zero-order valence-electron chi connectivity index (χ0n) is 13.1. The maximum Gasteiger partial charge on any atom is 0.310 e. The predicted molar refractivity (Wildman–Crippen MR) is 83.2 cm³/mol. The molecule has 2 fully saturated rings. The number of methoxy groups -OCH3 is 1. The van der Waals surface area contributed by atoms with Gasteiger partial charge >= 0.3 is 5.97 Å². The van der Waals surface area contributed by atoms with Crippen LogP contribution in [0.2, 0.25) is 0 Å². The molecular weight excluding hydrogens is 262 g/mol. The van der Waals surface area contributed by atoms with Crippen molar-refractivity contribution in [2.45, 2.75) is 51.1 Å². The molecule has 1 aromatic rings. The highest BCUT2D eigenvalue weighted by Gasteiger charge is 2.53. The van der Waals surface area contributed by atoms with Gasteiger partial charge in [-0.25, -0.2) is 0 Å². The number of benzene rings is 1. The van der Waals surface area contributed by atoms with Crippen molar-refractivity contribution in [3.8, 4) is 0 Å². The van der Waals surface area contributed by atoms with Crippen LogP contribution in [-0.2, 0) is 9.53 Å². The lowest BCUT2D eigenvalue weighted by molar-refractivity contribution is -0.152. The summed E-state index contributed by atoms with van der Waals surface area (Å²) < 4.78 is 5.13. The molecule has 0 spiro atoms. The van der Waals surface area contributed by atoms with Crippen LogP contribution in [-0.4, -0.2) is 25.2 Å². The Hall–Kier alpha value is -1.35. The fourth-order valence-corrected chi connectivity index (χ4v) is 3.99. The van der Waals surface area contributed by atoms with Gasteiger partial charge in [0.25, 0.3) is 0 Å². The van der Waals surface area contributed by atoms with Crippen LogP contribution in [0.25, 0.3) is 0 Å². The van der Waals surface area contributed by atoms with E-state index in [0.717, 1.165) is 6.42 Å². The summed E-state index contributed by atoms with van der Waals surface area (Å²) in [5.41, 5.74) is 2.51. The number of esters is 1. The summed E-state index contributed by atoms with van der Waals surface area (Å²) in [7, 11) is 1.51. The molecule has 3 rings (SSSR count). The van der Waals surface area contributed by atoms with Gasteiger partial charge < -0.3 is 10.1 Å². The van der Waals surface area contributed by atoms with E-state index in [9.17, 15) is 4.79 Å². The quantitative estimate of drug-likeness (QED) is 0.846. The fraction of sp³-hybridized carbons (Fsp3) is 0.611.